The molecule has 0 amide bonds. The van der Waals surface area contributed by atoms with E-state index in [0.29, 0.717) is 5.41 Å². The highest BCUT2D eigenvalue weighted by Gasteiger charge is 2.40. The standard InChI is InChI=1S/C16H30N2/c1-16(2,3)14-4-6-15(7-5-14)18-10-12-8-17-9-13(12)11-18/h12-15,17H,4-11H2,1-3H3. The first-order valence-corrected chi connectivity index (χ1v) is 7.99. The minimum absolute atomic E-state index is 0.524. The van der Waals surface area contributed by atoms with Crippen LogP contribution in [0.15, 0.2) is 0 Å². The zero-order valence-corrected chi connectivity index (χ0v) is 12.4. The summed E-state index contributed by atoms with van der Waals surface area (Å²) in [5.74, 6) is 2.88. The number of rotatable bonds is 1. The van der Waals surface area contributed by atoms with E-state index in [1.165, 1.54) is 51.9 Å². The van der Waals surface area contributed by atoms with Gasteiger partial charge >= 0.3 is 0 Å². The normalized spacial score (nSPS) is 42.2. The lowest BCUT2D eigenvalue weighted by Crippen LogP contribution is -2.40. The Kier molecular flexibility index (Phi) is 3.44. The summed E-state index contributed by atoms with van der Waals surface area (Å²) in [5.41, 5.74) is 0.524. The molecule has 2 nitrogen and oxygen atoms in total. The van der Waals surface area contributed by atoms with Crippen molar-refractivity contribution in [1.82, 2.24) is 10.2 Å². The molecular weight excluding hydrogens is 220 g/mol. The Bertz CT molecular complexity index is 274. The summed E-state index contributed by atoms with van der Waals surface area (Å²) in [6.07, 6.45) is 5.82. The highest BCUT2D eigenvalue weighted by Crippen LogP contribution is 2.40. The molecule has 1 saturated carbocycles. The van der Waals surface area contributed by atoms with Gasteiger partial charge in [-0.05, 0) is 61.9 Å². The molecule has 1 N–H and O–H groups in total. The molecule has 2 aliphatic heterocycles. The Morgan fingerprint density at radius 3 is 1.94 bits per heavy atom. The average Bonchev–Trinajstić information content (AvgIpc) is 2.88. The van der Waals surface area contributed by atoms with E-state index >= 15 is 0 Å². The largest absolute Gasteiger partial charge is 0.316 e. The van der Waals surface area contributed by atoms with Gasteiger partial charge in [0.25, 0.3) is 0 Å². The van der Waals surface area contributed by atoms with Gasteiger partial charge in [-0.2, -0.15) is 0 Å². The molecule has 0 bridgehead atoms. The average molecular weight is 250 g/mol. The second kappa shape index (κ2) is 4.79. The van der Waals surface area contributed by atoms with Crippen molar-refractivity contribution in [3.05, 3.63) is 0 Å². The Morgan fingerprint density at radius 1 is 0.889 bits per heavy atom. The van der Waals surface area contributed by atoms with Crippen molar-refractivity contribution in [2.75, 3.05) is 26.2 Å². The summed E-state index contributed by atoms with van der Waals surface area (Å²) in [7, 11) is 0. The number of hydrogen-bond acceptors (Lipinski definition) is 2. The number of fused-ring (bicyclic) bond motifs is 1. The van der Waals surface area contributed by atoms with E-state index in [0.717, 1.165) is 23.8 Å². The summed E-state index contributed by atoms with van der Waals surface area (Å²) in [5, 5.41) is 3.55. The van der Waals surface area contributed by atoms with Crippen LogP contribution in [-0.4, -0.2) is 37.1 Å². The van der Waals surface area contributed by atoms with E-state index in [4.69, 9.17) is 0 Å². The summed E-state index contributed by atoms with van der Waals surface area (Å²) in [6, 6.07) is 0.911. The van der Waals surface area contributed by atoms with Crippen molar-refractivity contribution in [1.29, 1.82) is 0 Å². The molecule has 2 saturated heterocycles. The highest BCUT2D eigenvalue weighted by atomic mass is 15.2. The maximum Gasteiger partial charge on any atom is 0.00957 e. The predicted octanol–water partition coefficient (Wildman–Crippen LogP) is 2.74. The van der Waals surface area contributed by atoms with Crippen LogP contribution in [0.5, 0.6) is 0 Å². The van der Waals surface area contributed by atoms with Crippen molar-refractivity contribution in [3.63, 3.8) is 0 Å². The van der Waals surface area contributed by atoms with E-state index in [-0.39, 0.29) is 0 Å². The van der Waals surface area contributed by atoms with Gasteiger partial charge in [-0.3, -0.25) is 4.90 Å². The van der Waals surface area contributed by atoms with Gasteiger partial charge in [-0.25, -0.2) is 0 Å². The zero-order chi connectivity index (χ0) is 12.8. The number of nitrogens with zero attached hydrogens (tertiary/aromatic N) is 1. The smallest absolute Gasteiger partial charge is 0.00957 e. The summed E-state index contributed by atoms with van der Waals surface area (Å²) < 4.78 is 0. The minimum atomic E-state index is 0.524. The maximum atomic E-state index is 3.55. The molecule has 3 rings (SSSR count). The lowest BCUT2D eigenvalue weighted by Gasteiger charge is -2.40. The van der Waals surface area contributed by atoms with Crippen LogP contribution in [-0.2, 0) is 0 Å². The first-order valence-electron chi connectivity index (χ1n) is 7.99. The molecule has 2 unspecified atom stereocenters. The molecule has 3 fully saturated rings. The van der Waals surface area contributed by atoms with Crippen LogP contribution < -0.4 is 5.32 Å². The van der Waals surface area contributed by atoms with Gasteiger partial charge < -0.3 is 5.32 Å². The van der Waals surface area contributed by atoms with Crippen molar-refractivity contribution < 1.29 is 0 Å². The third kappa shape index (κ3) is 2.46. The number of nitrogens with one attached hydrogen (secondary N) is 1. The van der Waals surface area contributed by atoms with Gasteiger partial charge in [0.05, 0.1) is 0 Å². The number of likely N-dealkylation sites (tertiary alicyclic amines) is 1. The Hall–Kier alpha value is -0.0800. The Balaban J connectivity index is 1.52. The molecule has 3 aliphatic rings. The minimum Gasteiger partial charge on any atom is -0.316 e. The second-order valence-electron chi connectivity index (χ2n) is 8.00. The van der Waals surface area contributed by atoms with Crippen LogP contribution in [0.4, 0.5) is 0 Å². The first-order chi connectivity index (χ1) is 8.54. The number of hydrogen-bond donors (Lipinski definition) is 1. The van der Waals surface area contributed by atoms with E-state index in [1.807, 2.05) is 0 Å². The monoisotopic (exact) mass is 250 g/mol. The zero-order valence-electron chi connectivity index (χ0n) is 12.4. The molecular formula is C16H30N2. The molecule has 0 aromatic carbocycles. The molecule has 18 heavy (non-hydrogen) atoms. The predicted molar refractivity (Wildman–Crippen MR) is 76.6 cm³/mol. The summed E-state index contributed by atoms with van der Waals surface area (Å²) in [6.45, 7) is 12.6. The van der Waals surface area contributed by atoms with Crippen molar-refractivity contribution in [2.24, 2.45) is 23.2 Å². The van der Waals surface area contributed by atoms with Gasteiger partial charge in [0.1, 0.15) is 0 Å². The van der Waals surface area contributed by atoms with Crippen molar-refractivity contribution >= 4 is 0 Å². The van der Waals surface area contributed by atoms with Crippen LogP contribution >= 0.6 is 0 Å². The molecule has 1 aliphatic carbocycles. The first kappa shape index (κ1) is 12.9. The third-order valence-corrected chi connectivity index (χ3v) is 5.86. The third-order valence-electron chi connectivity index (χ3n) is 5.86. The van der Waals surface area contributed by atoms with Crippen LogP contribution in [0, 0.1) is 23.2 Å². The molecule has 0 radical (unpaired) electrons. The fourth-order valence-electron chi connectivity index (χ4n) is 4.50. The fourth-order valence-corrected chi connectivity index (χ4v) is 4.50. The molecule has 0 aromatic rings. The lowest BCUT2D eigenvalue weighted by molar-refractivity contribution is 0.106. The maximum absolute atomic E-state index is 3.55. The van der Waals surface area contributed by atoms with Crippen LogP contribution in [0.25, 0.3) is 0 Å². The fraction of sp³-hybridized carbons (Fsp3) is 1.00. The Labute approximate surface area is 113 Å². The van der Waals surface area contributed by atoms with Crippen LogP contribution in [0.1, 0.15) is 46.5 Å². The molecule has 104 valence electrons. The van der Waals surface area contributed by atoms with E-state index in [2.05, 4.69) is 31.0 Å². The molecule has 2 atom stereocenters. The van der Waals surface area contributed by atoms with Crippen molar-refractivity contribution in [2.45, 2.75) is 52.5 Å². The SMILES string of the molecule is CC(C)(C)C1CCC(N2CC3CNCC3C2)CC1. The highest BCUT2D eigenvalue weighted by molar-refractivity contribution is 4.95. The summed E-state index contributed by atoms with van der Waals surface area (Å²) in [4.78, 5) is 2.83. The van der Waals surface area contributed by atoms with Gasteiger partial charge in [0, 0.05) is 19.1 Å². The Morgan fingerprint density at radius 2 is 1.44 bits per heavy atom. The molecule has 0 aromatic heterocycles. The molecule has 2 heterocycles. The molecule has 0 spiro atoms. The topological polar surface area (TPSA) is 15.3 Å². The quantitative estimate of drug-likeness (QED) is 0.770. The van der Waals surface area contributed by atoms with Gasteiger partial charge in [-0.15, -0.1) is 0 Å². The van der Waals surface area contributed by atoms with E-state index in [9.17, 15) is 0 Å². The van der Waals surface area contributed by atoms with Crippen molar-refractivity contribution in [3.8, 4) is 0 Å². The summed E-state index contributed by atoms with van der Waals surface area (Å²) >= 11 is 0. The van der Waals surface area contributed by atoms with Gasteiger partial charge in [0.15, 0.2) is 0 Å². The van der Waals surface area contributed by atoms with E-state index < -0.39 is 0 Å². The van der Waals surface area contributed by atoms with Crippen LogP contribution in [0.2, 0.25) is 0 Å². The second-order valence-corrected chi connectivity index (χ2v) is 8.00. The van der Waals surface area contributed by atoms with Gasteiger partial charge in [0.2, 0.25) is 0 Å². The molecule has 2 heteroatoms. The van der Waals surface area contributed by atoms with Crippen LogP contribution in [0.3, 0.4) is 0 Å². The van der Waals surface area contributed by atoms with Gasteiger partial charge in [-0.1, -0.05) is 20.8 Å². The lowest BCUT2D eigenvalue weighted by atomic mass is 9.71. The van der Waals surface area contributed by atoms with E-state index in [1.54, 1.807) is 0 Å².